The molecule has 1 unspecified atom stereocenters. The molecule has 0 aromatic carbocycles. The first-order valence-electron chi connectivity index (χ1n) is 8.59. The molecule has 1 aromatic heterocycles. The van der Waals surface area contributed by atoms with Crippen LogP contribution in [0.5, 0.6) is 0 Å². The van der Waals surface area contributed by atoms with E-state index in [0.29, 0.717) is 6.42 Å². The van der Waals surface area contributed by atoms with E-state index in [1.54, 1.807) is 20.8 Å². The molecule has 1 heterocycles. The van der Waals surface area contributed by atoms with Crippen molar-refractivity contribution in [3.63, 3.8) is 0 Å². The highest BCUT2D eigenvalue weighted by Crippen LogP contribution is 2.45. The van der Waals surface area contributed by atoms with E-state index >= 15 is 0 Å². The van der Waals surface area contributed by atoms with Gasteiger partial charge < -0.3 is 15.7 Å². The number of carbonyl (C=O) groups is 2. The summed E-state index contributed by atoms with van der Waals surface area (Å²) >= 11 is 0. The molecular formula is C18H28N4O3. The Labute approximate surface area is 148 Å². The van der Waals surface area contributed by atoms with Crippen molar-refractivity contribution in [3.05, 3.63) is 18.1 Å². The Hall–Kier alpha value is -2.02. The fourth-order valence-corrected chi connectivity index (χ4v) is 2.92. The van der Waals surface area contributed by atoms with Gasteiger partial charge in [-0.3, -0.25) is 9.59 Å². The maximum Gasteiger partial charge on any atom is 0.273 e. The van der Waals surface area contributed by atoms with Crippen LogP contribution >= 0.6 is 0 Å². The molecule has 1 fully saturated rings. The zero-order valence-corrected chi connectivity index (χ0v) is 15.6. The third-order valence-electron chi connectivity index (χ3n) is 5.02. The predicted molar refractivity (Wildman–Crippen MR) is 95.0 cm³/mol. The van der Waals surface area contributed by atoms with E-state index in [2.05, 4.69) is 20.6 Å². The van der Waals surface area contributed by atoms with E-state index in [-0.39, 0.29) is 29.4 Å². The van der Waals surface area contributed by atoms with Crippen LogP contribution in [-0.4, -0.2) is 39.0 Å². The smallest absolute Gasteiger partial charge is 0.273 e. The van der Waals surface area contributed by atoms with Crippen LogP contribution in [0.25, 0.3) is 0 Å². The summed E-state index contributed by atoms with van der Waals surface area (Å²) in [5.41, 5.74) is -1.78. The Morgan fingerprint density at radius 1 is 1.20 bits per heavy atom. The maximum absolute atomic E-state index is 12.5. The van der Waals surface area contributed by atoms with Gasteiger partial charge in [-0.15, -0.1) is 0 Å². The van der Waals surface area contributed by atoms with Gasteiger partial charge in [0.05, 0.1) is 5.60 Å². The van der Waals surface area contributed by atoms with Crippen LogP contribution in [0.4, 0.5) is 5.82 Å². The molecule has 7 nitrogen and oxygen atoms in total. The minimum Gasteiger partial charge on any atom is -0.387 e. The Morgan fingerprint density at radius 2 is 1.84 bits per heavy atom. The monoisotopic (exact) mass is 348 g/mol. The molecule has 138 valence electrons. The van der Waals surface area contributed by atoms with Crippen molar-refractivity contribution in [2.75, 3.05) is 11.9 Å². The second-order valence-corrected chi connectivity index (χ2v) is 8.41. The zero-order valence-electron chi connectivity index (χ0n) is 15.6. The predicted octanol–water partition coefficient (Wildman–Crippen LogP) is 2.13. The molecule has 1 aromatic rings. The number of hydrogen-bond acceptors (Lipinski definition) is 5. The Bertz CT molecular complexity index is 667. The number of anilines is 1. The minimum absolute atomic E-state index is 0.0412. The molecule has 0 spiro atoms. The van der Waals surface area contributed by atoms with Crippen molar-refractivity contribution < 1.29 is 14.7 Å². The molecule has 7 heteroatoms. The molecule has 2 amide bonds. The second kappa shape index (κ2) is 6.71. The average molecular weight is 348 g/mol. The summed E-state index contributed by atoms with van der Waals surface area (Å²) in [7, 11) is 0. The van der Waals surface area contributed by atoms with Gasteiger partial charge in [-0.2, -0.15) is 0 Å². The van der Waals surface area contributed by atoms with Gasteiger partial charge in [0.1, 0.15) is 0 Å². The molecule has 3 N–H and O–H groups in total. The SMILES string of the molecule is CC(C)(C)C(=O)Nc1nccnc1C(=O)NCC1(O)CCCC1(C)C. The van der Waals surface area contributed by atoms with Gasteiger partial charge in [-0.05, 0) is 24.7 Å². The lowest BCUT2D eigenvalue weighted by Gasteiger charge is -2.36. The van der Waals surface area contributed by atoms with Gasteiger partial charge in [0.25, 0.3) is 5.91 Å². The lowest BCUT2D eigenvalue weighted by atomic mass is 9.78. The Morgan fingerprint density at radius 3 is 2.40 bits per heavy atom. The maximum atomic E-state index is 12.5. The van der Waals surface area contributed by atoms with Gasteiger partial charge in [-0.25, -0.2) is 9.97 Å². The van der Waals surface area contributed by atoms with Crippen molar-refractivity contribution in [1.82, 2.24) is 15.3 Å². The van der Waals surface area contributed by atoms with Crippen molar-refractivity contribution in [3.8, 4) is 0 Å². The van der Waals surface area contributed by atoms with Gasteiger partial charge in [0.2, 0.25) is 5.91 Å². The fourth-order valence-electron chi connectivity index (χ4n) is 2.92. The molecule has 25 heavy (non-hydrogen) atoms. The summed E-state index contributed by atoms with van der Waals surface area (Å²) in [4.78, 5) is 32.8. The van der Waals surface area contributed by atoms with Crippen molar-refractivity contribution in [1.29, 1.82) is 0 Å². The Kier molecular flexibility index (Phi) is 5.18. The molecule has 0 radical (unpaired) electrons. The molecule has 0 aliphatic heterocycles. The summed E-state index contributed by atoms with van der Waals surface area (Å²) in [6.07, 6.45) is 5.31. The van der Waals surface area contributed by atoms with Crippen LogP contribution in [0.1, 0.15) is 64.4 Å². The quantitative estimate of drug-likeness (QED) is 0.773. The van der Waals surface area contributed by atoms with E-state index in [4.69, 9.17) is 0 Å². The van der Waals surface area contributed by atoms with E-state index in [9.17, 15) is 14.7 Å². The van der Waals surface area contributed by atoms with Gasteiger partial charge in [0.15, 0.2) is 11.5 Å². The minimum atomic E-state index is -0.945. The van der Waals surface area contributed by atoms with Crippen molar-refractivity contribution in [2.24, 2.45) is 10.8 Å². The molecule has 0 bridgehead atoms. The molecule has 0 saturated heterocycles. The van der Waals surface area contributed by atoms with E-state index in [1.807, 2.05) is 13.8 Å². The molecule has 1 atom stereocenters. The lowest BCUT2D eigenvalue weighted by molar-refractivity contribution is -0.123. The zero-order chi connectivity index (χ0) is 18.9. The van der Waals surface area contributed by atoms with Gasteiger partial charge in [0, 0.05) is 24.4 Å². The number of rotatable bonds is 4. The van der Waals surface area contributed by atoms with Crippen LogP contribution in [0.15, 0.2) is 12.4 Å². The summed E-state index contributed by atoms with van der Waals surface area (Å²) < 4.78 is 0. The van der Waals surface area contributed by atoms with Crippen LogP contribution in [0, 0.1) is 10.8 Å². The molecule has 1 aliphatic rings. The largest absolute Gasteiger partial charge is 0.387 e. The van der Waals surface area contributed by atoms with Crippen LogP contribution in [0.2, 0.25) is 0 Å². The molecule has 1 aliphatic carbocycles. The molecule has 2 rings (SSSR count). The first kappa shape index (κ1) is 19.3. The van der Waals surface area contributed by atoms with Crippen LogP contribution in [-0.2, 0) is 4.79 Å². The Balaban J connectivity index is 2.11. The van der Waals surface area contributed by atoms with E-state index in [1.165, 1.54) is 12.4 Å². The molecule has 1 saturated carbocycles. The third-order valence-corrected chi connectivity index (χ3v) is 5.02. The highest BCUT2D eigenvalue weighted by Gasteiger charge is 2.47. The highest BCUT2D eigenvalue weighted by atomic mass is 16.3. The number of nitrogens with zero attached hydrogens (tertiary/aromatic N) is 2. The third kappa shape index (κ3) is 4.15. The van der Waals surface area contributed by atoms with Gasteiger partial charge >= 0.3 is 0 Å². The molecular weight excluding hydrogens is 320 g/mol. The summed E-state index contributed by atoms with van der Waals surface area (Å²) in [6, 6.07) is 0. The van der Waals surface area contributed by atoms with Crippen LogP contribution in [0.3, 0.4) is 0 Å². The van der Waals surface area contributed by atoms with Crippen LogP contribution < -0.4 is 10.6 Å². The fraction of sp³-hybridized carbons (Fsp3) is 0.667. The number of nitrogens with one attached hydrogen (secondary N) is 2. The lowest BCUT2D eigenvalue weighted by Crippen LogP contribution is -2.49. The summed E-state index contributed by atoms with van der Waals surface area (Å²) in [5.74, 6) is -0.594. The number of amides is 2. The average Bonchev–Trinajstić information content (AvgIpc) is 2.78. The number of aliphatic hydroxyl groups is 1. The number of carbonyl (C=O) groups excluding carboxylic acids is 2. The number of aromatic nitrogens is 2. The first-order chi connectivity index (χ1) is 11.5. The van der Waals surface area contributed by atoms with E-state index < -0.39 is 16.9 Å². The topological polar surface area (TPSA) is 104 Å². The van der Waals surface area contributed by atoms with Crippen molar-refractivity contribution in [2.45, 2.75) is 59.5 Å². The normalized spacial score (nSPS) is 22.5. The van der Waals surface area contributed by atoms with Gasteiger partial charge in [-0.1, -0.05) is 34.6 Å². The highest BCUT2D eigenvalue weighted by molar-refractivity contribution is 6.02. The van der Waals surface area contributed by atoms with Crippen molar-refractivity contribution >= 4 is 17.6 Å². The second-order valence-electron chi connectivity index (χ2n) is 8.41. The van der Waals surface area contributed by atoms with E-state index in [0.717, 1.165) is 12.8 Å². The standard InChI is InChI=1S/C18H28N4O3/c1-16(2,3)15(24)22-13-12(19-9-10-20-13)14(23)21-11-18(25)8-6-7-17(18,4)5/h9-10,25H,6-8,11H2,1-5H3,(H,21,23)(H,20,22,24). The first-order valence-corrected chi connectivity index (χ1v) is 8.59. The summed E-state index contributed by atoms with van der Waals surface area (Å²) in [6.45, 7) is 9.47. The number of hydrogen-bond donors (Lipinski definition) is 3. The summed E-state index contributed by atoms with van der Waals surface area (Å²) in [5, 5.41) is 16.2.